The first kappa shape index (κ1) is 25.9. The van der Waals surface area contributed by atoms with Crippen LogP contribution in [0.4, 0.5) is 13.2 Å². The van der Waals surface area contributed by atoms with Gasteiger partial charge in [0.25, 0.3) is 0 Å². The molecule has 0 N–H and O–H groups in total. The van der Waals surface area contributed by atoms with Gasteiger partial charge in [-0.05, 0) is 56.2 Å². The van der Waals surface area contributed by atoms with Gasteiger partial charge in [-0.25, -0.2) is 9.78 Å². The lowest BCUT2D eigenvalue weighted by Gasteiger charge is -2.13. The van der Waals surface area contributed by atoms with Gasteiger partial charge in [-0.3, -0.25) is 0 Å². The standard InChI is InChI=1S/C24H27F3N2O4S/c1-4-32-12-6-11-29-20-9-8-17(22(30)33-5-2)14-19(20)28-23(29)34-15-16-7-10-21(31-3)18(13-16)24(25,26)27/h7-10,13-14H,4-6,11-12,15H2,1-3H3. The minimum absolute atomic E-state index is 0.212. The first-order valence-corrected chi connectivity index (χ1v) is 11.9. The number of esters is 1. The van der Waals surface area contributed by atoms with Gasteiger partial charge in [0, 0.05) is 25.5 Å². The molecule has 3 aromatic rings. The van der Waals surface area contributed by atoms with Crippen LogP contribution in [0.2, 0.25) is 0 Å². The molecule has 10 heteroatoms. The number of hydrogen-bond acceptors (Lipinski definition) is 6. The number of nitrogens with zero attached hydrogens (tertiary/aromatic N) is 2. The van der Waals surface area contributed by atoms with Gasteiger partial charge in [-0.2, -0.15) is 13.2 Å². The Morgan fingerprint density at radius 3 is 2.59 bits per heavy atom. The average Bonchev–Trinajstić information content (AvgIpc) is 3.16. The number of aryl methyl sites for hydroxylation is 1. The van der Waals surface area contributed by atoms with Crippen LogP contribution in [-0.2, 0) is 27.9 Å². The lowest BCUT2D eigenvalue weighted by molar-refractivity contribution is -0.138. The third kappa shape index (κ3) is 6.24. The van der Waals surface area contributed by atoms with Gasteiger partial charge in [0.15, 0.2) is 5.16 Å². The van der Waals surface area contributed by atoms with Crippen LogP contribution >= 0.6 is 11.8 Å². The third-order valence-corrected chi connectivity index (χ3v) is 6.08. The normalized spacial score (nSPS) is 11.7. The highest BCUT2D eigenvalue weighted by molar-refractivity contribution is 7.98. The Hall–Kier alpha value is -2.72. The van der Waals surface area contributed by atoms with Gasteiger partial charge >= 0.3 is 12.1 Å². The Kier molecular flexibility index (Phi) is 8.84. The smallest absolute Gasteiger partial charge is 0.419 e. The number of hydrogen-bond donors (Lipinski definition) is 0. The van der Waals surface area contributed by atoms with Crippen molar-refractivity contribution >= 4 is 28.8 Å². The summed E-state index contributed by atoms with van der Waals surface area (Å²) in [6, 6.07) is 9.22. The molecule has 1 heterocycles. The molecule has 0 radical (unpaired) electrons. The van der Waals surface area contributed by atoms with Crippen LogP contribution in [0.3, 0.4) is 0 Å². The molecule has 0 unspecified atom stereocenters. The third-order valence-electron chi connectivity index (χ3n) is 5.04. The topological polar surface area (TPSA) is 62.6 Å². The predicted molar refractivity (Wildman–Crippen MR) is 124 cm³/mol. The van der Waals surface area contributed by atoms with Crippen LogP contribution in [0.25, 0.3) is 11.0 Å². The number of imidazole rings is 1. The zero-order chi connectivity index (χ0) is 24.7. The first-order chi connectivity index (χ1) is 16.3. The molecule has 0 saturated heterocycles. The lowest BCUT2D eigenvalue weighted by Crippen LogP contribution is -2.08. The van der Waals surface area contributed by atoms with Gasteiger partial charge in [0.05, 0.1) is 35.9 Å². The number of ether oxygens (including phenoxy) is 3. The fourth-order valence-electron chi connectivity index (χ4n) is 3.46. The monoisotopic (exact) mass is 496 g/mol. The van der Waals surface area contributed by atoms with Crippen molar-refractivity contribution < 1.29 is 32.2 Å². The van der Waals surface area contributed by atoms with E-state index in [1.165, 1.54) is 24.9 Å². The summed E-state index contributed by atoms with van der Waals surface area (Å²) in [5.41, 5.74) is 1.54. The summed E-state index contributed by atoms with van der Waals surface area (Å²) < 4.78 is 57.5. The molecule has 0 amide bonds. The van der Waals surface area contributed by atoms with Crippen molar-refractivity contribution in [2.45, 2.75) is 43.9 Å². The fraction of sp³-hybridized carbons (Fsp3) is 0.417. The van der Waals surface area contributed by atoms with Crippen molar-refractivity contribution in [1.82, 2.24) is 9.55 Å². The Morgan fingerprint density at radius 2 is 1.91 bits per heavy atom. The number of carbonyl (C=O) groups is 1. The molecule has 0 spiro atoms. The molecule has 0 aliphatic heterocycles. The molecule has 0 fully saturated rings. The Balaban J connectivity index is 1.89. The Labute approximate surface area is 200 Å². The largest absolute Gasteiger partial charge is 0.496 e. The second kappa shape index (κ2) is 11.6. The fourth-order valence-corrected chi connectivity index (χ4v) is 4.44. The van der Waals surface area contributed by atoms with Crippen LogP contribution in [0, 0.1) is 0 Å². The number of rotatable bonds is 11. The summed E-state index contributed by atoms with van der Waals surface area (Å²) in [4.78, 5) is 16.8. The van der Waals surface area contributed by atoms with E-state index in [-0.39, 0.29) is 18.1 Å². The van der Waals surface area contributed by atoms with Gasteiger partial charge in [0.2, 0.25) is 0 Å². The van der Waals surface area contributed by atoms with Crippen molar-refractivity contribution in [3.63, 3.8) is 0 Å². The molecule has 34 heavy (non-hydrogen) atoms. The molecule has 0 aliphatic carbocycles. The quantitative estimate of drug-likeness (QED) is 0.185. The van der Waals surface area contributed by atoms with Crippen LogP contribution < -0.4 is 4.74 Å². The number of benzene rings is 2. The van der Waals surface area contributed by atoms with E-state index in [0.717, 1.165) is 18.0 Å². The SMILES string of the molecule is CCOCCCn1c(SCc2ccc(OC)c(C(F)(F)F)c2)nc2cc(C(=O)OCC)ccc21. The molecular weight excluding hydrogens is 469 g/mol. The summed E-state index contributed by atoms with van der Waals surface area (Å²) in [5.74, 6) is -0.356. The molecule has 0 atom stereocenters. The minimum atomic E-state index is -4.51. The zero-order valence-corrected chi connectivity index (χ0v) is 20.1. The van der Waals surface area contributed by atoms with Crippen molar-refractivity contribution in [2.75, 3.05) is 26.9 Å². The maximum atomic E-state index is 13.4. The van der Waals surface area contributed by atoms with E-state index in [2.05, 4.69) is 4.98 Å². The van der Waals surface area contributed by atoms with E-state index in [1.807, 2.05) is 17.6 Å². The molecule has 184 valence electrons. The Bertz CT molecular complexity index is 1130. The van der Waals surface area contributed by atoms with E-state index in [0.29, 0.717) is 41.6 Å². The second-order valence-electron chi connectivity index (χ2n) is 7.34. The van der Waals surface area contributed by atoms with Crippen LogP contribution in [-0.4, -0.2) is 42.5 Å². The summed E-state index contributed by atoms with van der Waals surface area (Å²) in [5, 5.41) is 0.650. The number of aromatic nitrogens is 2. The van der Waals surface area contributed by atoms with E-state index < -0.39 is 17.7 Å². The number of carbonyl (C=O) groups excluding carboxylic acids is 1. The minimum Gasteiger partial charge on any atom is -0.496 e. The lowest BCUT2D eigenvalue weighted by atomic mass is 10.1. The number of fused-ring (bicyclic) bond motifs is 1. The van der Waals surface area contributed by atoms with E-state index in [1.54, 1.807) is 25.1 Å². The van der Waals surface area contributed by atoms with Gasteiger partial charge in [0.1, 0.15) is 5.75 Å². The summed E-state index contributed by atoms with van der Waals surface area (Å²) in [6.07, 6.45) is -3.77. The van der Waals surface area contributed by atoms with E-state index in [4.69, 9.17) is 14.2 Å². The van der Waals surface area contributed by atoms with Crippen molar-refractivity contribution in [2.24, 2.45) is 0 Å². The molecule has 0 aliphatic rings. The maximum absolute atomic E-state index is 13.4. The van der Waals surface area contributed by atoms with Gasteiger partial charge in [-0.15, -0.1) is 0 Å². The highest BCUT2D eigenvalue weighted by atomic mass is 32.2. The van der Waals surface area contributed by atoms with Crippen LogP contribution in [0.5, 0.6) is 5.75 Å². The number of methoxy groups -OCH3 is 1. The highest BCUT2D eigenvalue weighted by Crippen LogP contribution is 2.38. The highest BCUT2D eigenvalue weighted by Gasteiger charge is 2.34. The van der Waals surface area contributed by atoms with Crippen molar-refractivity contribution in [3.05, 3.63) is 53.1 Å². The van der Waals surface area contributed by atoms with Crippen molar-refractivity contribution in [3.8, 4) is 5.75 Å². The van der Waals surface area contributed by atoms with E-state index >= 15 is 0 Å². The summed E-state index contributed by atoms with van der Waals surface area (Å²) in [7, 11) is 1.22. The van der Waals surface area contributed by atoms with Crippen molar-refractivity contribution in [1.29, 1.82) is 0 Å². The van der Waals surface area contributed by atoms with E-state index in [9.17, 15) is 18.0 Å². The molecule has 1 aromatic heterocycles. The van der Waals surface area contributed by atoms with Gasteiger partial charge in [-0.1, -0.05) is 17.8 Å². The maximum Gasteiger partial charge on any atom is 0.419 e. The number of alkyl halides is 3. The average molecular weight is 497 g/mol. The molecule has 2 aromatic carbocycles. The Morgan fingerprint density at radius 1 is 1.12 bits per heavy atom. The van der Waals surface area contributed by atoms with Gasteiger partial charge < -0.3 is 18.8 Å². The number of thioether (sulfide) groups is 1. The number of halogens is 3. The summed E-state index contributed by atoms with van der Waals surface area (Å²) in [6.45, 7) is 5.75. The zero-order valence-electron chi connectivity index (χ0n) is 19.3. The molecule has 3 rings (SSSR count). The van der Waals surface area contributed by atoms with Crippen LogP contribution in [0.15, 0.2) is 41.6 Å². The molecule has 0 saturated carbocycles. The van der Waals surface area contributed by atoms with Crippen LogP contribution in [0.1, 0.15) is 41.8 Å². The molecular formula is C24H27F3N2O4S. The first-order valence-electron chi connectivity index (χ1n) is 10.9. The summed E-state index contributed by atoms with van der Waals surface area (Å²) >= 11 is 1.33. The molecule has 6 nitrogen and oxygen atoms in total. The molecule has 0 bridgehead atoms. The predicted octanol–water partition coefficient (Wildman–Crippen LogP) is 5.96. The second-order valence-corrected chi connectivity index (χ2v) is 8.28.